The van der Waals surface area contributed by atoms with Crippen LogP contribution in [0.5, 0.6) is 5.75 Å². The molecule has 2 aliphatic rings. The Hall–Kier alpha value is -5.48. The van der Waals surface area contributed by atoms with Gasteiger partial charge in [-0.3, -0.25) is 34.2 Å². The minimum absolute atomic E-state index is 0.0938. The standard InChI is InChI=1S/C47H51N3O6S/c1-3-37(33-17-10-8-11-18-33)43(34-19-12-9-13-20-34)35-24-26-36(27-25-35)56-31-30-49(2)42(52)23-14-6-4-5-7-15-32-57-40-22-16-21-38-44(40)47(55)50(46(38)54)39-28-29-41(51)48-45(39)53/h8-13,16-22,24-27,39H,3-7,14-15,23,28-32H2,1-2H3,(H,48,51,53). The lowest BCUT2D eigenvalue weighted by Crippen LogP contribution is -2.54. The van der Waals surface area contributed by atoms with Crippen molar-refractivity contribution >= 4 is 52.4 Å². The van der Waals surface area contributed by atoms with Gasteiger partial charge in [0.2, 0.25) is 17.7 Å². The van der Waals surface area contributed by atoms with Gasteiger partial charge in [0.1, 0.15) is 18.4 Å². The van der Waals surface area contributed by atoms with E-state index in [1.165, 1.54) is 22.3 Å². The molecule has 4 aromatic carbocycles. The van der Waals surface area contributed by atoms with E-state index in [9.17, 15) is 24.0 Å². The molecule has 1 N–H and O–H groups in total. The highest BCUT2D eigenvalue weighted by Gasteiger charge is 2.45. The normalized spacial score (nSPS) is 15.6. The number of fused-ring (bicyclic) bond motifs is 1. The van der Waals surface area contributed by atoms with E-state index in [1.807, 2.05) is 37.4 Å². The zero-order valence-electron chi connectivity index (χ0n) is 32.8. The molecular formula is C47H51N3O6S. The SMILES string of the molecule is CCC(=C(c1ccccc1)c1ccc(OCCN(C)C(=O)CCCCCCCCSc2cccc3c2C(=O)N(C2CCC(=O)NC2=O)C3=O)cc1)c1ccccc1. The van der Waals surface area contributed by atoms with Crippen LogP contribution in [0.15, 0.2) is 108 Å². The molecule has 2 heterocycles. The van der Waals surface area contributed by atoms with Gasteiger partial charge in [0.05, 0.1) is 17.7 Å². The number of imide groups is 2. The van der Waals surface area contributed by atoms with Crippen LogP contribution < -0.4 is 10.1 Å². The number of piperidine rings is 1. The molecule has 0 aliphatic carbocycles. The lowest BCUT2D eigenvalue weighted by atomic mass is 9.88. The number of thioether (sulfide) groups is 1. The maximum atomic E-state index is 13.3. The van der Waals surface area contributed by atoms with Crippen LogP contribution in [0.3, 0.4) is 0 Å². The van der Waals surface area contributed by atoms with Crippen molar-refractivity contribution in [2.75, 3.05) is 26.0 Å². The van der Waals surface area contributed by atoms with Crippen molar-refractivity contribution in [1.82, 2.24) is 15.1 Å². The average Bonchev–Trinajstić information content (AvgIpc) is 3.49. The molecule has 6 rings (SSSR count). The fourth-order valence-corrected chi connectivity index (χ4v) is 8.57. The number of allylic oxidation sites excluding steroid dienone is 1. The van der Waals surface area contributed by atoms with Gasteiger partial charge >= 0.3 is 0 Å². The molecule has 5 amide bonds. The Labute approximate surface area is 339 Å². The number of nitrogens with one attached hydrogen (secondary N) is 1. The summed E-state index contributed by atoms with van der Waals surface area (Å²) in [5.74, 6) is -0.260. The van der Waals surface area contributed by atoms with Crippen LogP contribution in [0.1, 0.15) is 109 Å². The van der Waals surface area contributed by atoms with Crippen molar-refractivity contribution in [3.63, 3.8) is 0 Å². The quantitative estimate of drug-likeness (QED) is 0.0438. The van der Waals surface area contributed by atoms with Crippen LogP contribution in [0.2, 0.25) is 0 Å². The number of carbonyl (C=O) groups is 5. The van der Waals surface area contributed by atoms with E-state index in [4.69, 9.17) is 4.74 Å². The Morgan fingerprint density at radius 2 is 1.42 bits per heavy atom. The molecule has 4 aromatic rings. The number of unbranched alkanes of at least 4 members (excludes halogenated alkanes) is 5. The van der Waals surface area contributed by atoms with E-state index in [-0.39, 0.29) is 18.7 Å². The lowest BCUT2D eigenvalue weighted by Gasteiger charge is -2.27. The van der Waals surface area contributed by atoms with Crippen molar-refractivity contribution in [3.8, 4) is 5.75 Å². The molecule has 0 aromatic heterocycles. The second kappa shape index (κ2) is 20.1. The minimum atomic E-state index is -0.968. The van der Waals surface area contributed by atoms with Gasteiger partial charge in [-0.05, 0) is 83.5 Å². The molecule has 1 unspecified atom stereocenters. The zero-order valence-corrected chi connectivity index (χ0v) is 33.7. The third-order valence-corrected chi connectivity index (χ3v) is 11.7. The van der Waals surface area contributed by atoms with Gasteiger partial charge in [0, 0.05) is 24.8 Å². The molecule has 10 heteroatoms. The van der Waals surface area contributed by atoms with E-state index in [2.05, 4.69) is 72.9 Å². The second-order valence-electron chi connectivity index (χ2n) is 14.5. The number of nitrogens with zero attached hydrogens (tertiary/aromatic N) is 2. The van der Waals surface area contributed by atoms with E-state index in [0.717, 1.165) is 71.8 Å². The highest BCUT2D eigenvalue weighted by molar-refractivity contribution is 7.99. The van der Waals surface area contributed by atoms with E-state index in [1.54, 1.807) is 28.8 Å². The number of rotatable bonds is 19. The van der Waals surface area contributed by atoms with Crippen LogP contribution in [0.4, 0.5) is 0 Å². The lowest BCUT2D eigenvalue weighted by molar-refractivity contribution is -0.136. The number of carbonyl (C=O) groups excluding carboxylic acids is 5. The van der Waals surface area contributed by atoms with E-state index < -0.39 is 29.7 Å². The summed E-state index contributed by atoms with van der Waals surface area (Å²) >= 11 is 1.55. The Balaban J connectivity index is 0.872. The van der Waals surface area contributed by atoms with Crippen LogP contribution in [-0.2, 0) is 14.4 Å². The van der Waals surface area contributed by atoms with Crippen LogP contribution >= 0.6 is 11.8 Å². The summed E-state index contributed by atoms with van der Waals surface area (Å²) in [6.07, 6.45) is 7.55. The smallest absolute Gasteiger partial charge is 0.263 e. The number of likely N-dealkylation sites (N-methyl/N-ethyl adjacent to an activating group) is 1. The highest BCUT2D eigenvalue weighted by atomic mass is 32.2. The van der Waals surface area contributed by atoms with Gasteiger partial charge < -0.3 is 9.64 Å². The van der Waals surface area contributed by atoms with E-state index in [0.29, 0.717) is 30.7 Å². The first-order valence-corrected chi connectivity index (χ1v) is 21.0. The third kappa shape index (κ3) is 10.3. The van der Waals surface area contributed by atoms with Crippen LogP contribution in [0, 0.1) is 0 Å². The first kappa shape index (κ1) is 41.2. The molecule has 1 atom stereocenters. The van der Waals surface area contributed by atoms with Gasteiger partial charge in [-0.25, -0.2) is 0 Å². The maximum absolute atomic E-state index is 13.3. The molecule has 0 bridgehead atoms. The molecule has 0 saturated carbocycles. The molecule has 57 heavy (non-hydrogen) atoms. The fraction of sp³-hybridized carbons (Fsp3) is 0.340. The average molecular weight is 786 g/mol. The first-order chi connectivity index (χ1) is 27.8. The molecule has 296 valence electrons. The van der Waals surface area contributed by atoms with Crippen molar-refractivity contribution in [3.05, 3.63) is 131 Å². The number of benzene rings is 4. The number of hydrogen-bond donors (Lipinski definition) is 1. The summed E-state index contributed by atoms with van der Waals surface area (Å²) in [5.41, 5.74) is 6.69. The Bertz CT molecular complexity index is 2080. The molecule has 1 saturated heterocycles. The number of amides is 5. The molecular weight excluding hydrogens is 735 g/mol. The molecule has 1 fully saturated rings. The van der Waals surface area contributed by atoms with Crippen molar-refractivity contribution < 1.29 is 28.7 Å². The summed E-state index contributed by atoms with van der Waals surface area (Å²) in [5, 5.41) is 2.24. The molecule has 0 radical (unpaired) electrons. The van der Waals surface area contributed by atoms with Gasteiger partial charge in [0.25, 0.3) is 11.8 Å². The number of ether oxygens (including phenoxy) is 1. The summed E-state index contributed by atoms with van der Waals surface area (Å²) in [6.45, 7) is 3.13. The first-order valence-electron chi connectivity index (χ1n) is 20.1. The third-order valence-electron chi connectivity index (χ3n) is 10.6. The summed E-state index contributed by atoms with van der Waals surface area (Å²) in [6, 6.07) is 33.5. The summed E-state index contributed by atoms with van der Waals surface area (Å²) in [4.78, 5) is 66.7. The predicted octanol–water partition coefficient (Wildman–Crippen LogP) is 8.82. The molecule has 2 aliphatic heterocycles. The van der Waals surface area contributed by atoms with Gasteiger partial charge in [-0.1, -0.05) is 111 Å². The van der Waals surface area contributed by atoms with Gasteiger partial charge in [0.15, 0.2) is 0 Å². The van der Waals surface area contributed by atoms with Crippen LogP contribution in [0.25, 0.3) is 11.1 Å². The van der Waals surface area contributed by atoms with Crippen molar-refractivity contribution in [2.45, 2.75) is 82.1 Å². The largest absolute Gasteiger partial charge is 0.492 e. The molecule has 9 nitrogen and oxygen atoms in total. The fourth-order valence-electron chi connectivity index (χ4n) is 7.49. The Morgan fingerprint density at radius 3 is 2.11 bits per heavy atom. The molecule has 0 spiro atoms. The van der Waals surface area contributed by atoms with Crippen molar-refractivity contribution in [2.24, 2.45) is 0 Å². The topological polar surface area (TPSA) is 113 Å². The Kier molecular flexibility index (Phi) is 14.5. The van der Waals surface area contributed by atoms with Crippen molar-refractivity contribution in [1.29, 1.82) is 0 Å². The van der Waals surface area contributed by atoms with Gasteiger partial charge in [-0.15, -0.1) is 11.8 Å². The zero-order chi connectivity index (χ0) is 40.1. The van der Waals surface area contributed by atoms with Crippen LogP contribution in [-0.4, -0.2) is 71.3 Å². The van der Waals surface area contributed by atoms with Gasteiger partial charge in [-0.2, -0.15) is 0 Å². The maximum Gasteiger partial charge on any atom is 0.263 e. The Morgan fingerprint density at radius 1 is 0.772 bits per heavy atom. The highest BCUT2D eigenvalue weighted by Crippen LogP contribution is 2.36. The minimum Gasteiger partial charge on any atom is -0.492 e. The monoisotopic (exact) mass is 785 g/mol. The summed E-state index contributed by atoms with van der Waals surface area (Å²) < 4.78 is 6.06. The number of hydrogen-bond acceptors (Lipinski definition) is 7. The predicted molar refractivity (Wildman–Crippen MR) is 225 cm³/mol. The summed E-state index contributed by atoms with van der Waals surface area (Å²) in [7, 11) is 1.83. The second-order valence-corrected chi connectivity index (χ2v) is 15.6. The van der Waals surface area contributed by atoms with E-state index >= 15 is 0 Å².